The fourth-order valence-corrected chi connectivity index (χ4v) is 5.17. The summed E-state index contributed by atoms with van der Waals surface area (Å²) < 4.78 is 38.5. The zero-order valence-electron chi connectivity index (χ0n) is 18.6. The first-order valence-corrected chi connectivity index (χ1v) is 12.2. The van der Waals surface area contributed by atoms with E-state index in [-0.39, 0.29) is 17.3 Å². The topological polar surface area (TPSA) is 88.2 Å². The van der Waals surface area contributed by atoms with E-state index in [1.807, 2.05) is 0 Å². The Morgan fingerprint density at radius 3 is 2.38 bits per heavy atom. The number of benzene rings is 2. The van der Waals surface area contributed by atoms with Crippen LogP contribution in [0.4, 0.5) is 5.69 Å². The van der Waals surface area contributed by atoms with E-state index in [1.165, 1.54) is 39.2 Å². The van der Waals surface area contributed by atoms with E-state index in [1.54, 1.807) is 36.4 Å². The summed E-state index contributed by atoms with van der Waals surface area (Å²) in [6.07, 6.45) is 3.28. The summed E-state index contributed by atoms with van der Waals surface area (Å²) in [6.45, 7) is 3.31. The number of nitrogens with zero attached hydrogens (tertiary/aromatic N) is 2. The Labute approximate surface area is 190 Å². The second-order valence-electron chi connectivity index (χ2n) is 7.62. The number of methoxy groups -OCH3 is 2. The Balaban J connectivity index is 1.77. The molecule has 1 heterocycles. The minimum Gasteiger partial charge on any atom is -0.493 e. The van der Waals surface area contributed by atoms with Crippen molar-refractivity contribution in [2.45, 2.75) is 24.2 Å². The zero-order valence-corrected chi connectivity index (χ0v) is 19.4. The largest absolute Gasteiger partial charge is 0.493 e. The Hall–Kier alpha value is -2.78. The van der Waals surface area contributed by atoms with Gasteiger partial charge in [0.05, 0.1) is 24.8 Å². The van der Waals surface area contributed by atoms with Crippen LogP contribution < -0.4 is 19.1 Å². The number of amides is 1. The monoisotopic (exact) mass is 461 g/mol. The van der Waals surface area contributed by atoms with E-state index in [0.717, 1.165) is 30.4 Å². The molecule has 9 heteroatoms. The van der Waals surface area contributed by atoms with Gasteiger partial charge in [-0.2, -0.15) is 0 Å². The molecule has 0 unspecified atom stereocenters. The summed E-state index contributed by atoms with van der Waals surface area (Å²) in [7, 11) is -0.987. The number of carbonyl (C=O) groups is 1. The molecule has 0 atom stereocenters. The molecule has 1 amide bonds. The average molecular weight is 462 g/mol. The van der Waals surface area contributed by atoms with E-state index >= 15 is 0 Å². The van der Waals surface area contributed by atoms with Crippen LogP contribution in [-0.4, -0.2) is 66.2 Å². The molecule has 1 fully saturated rings. The second-order valence-corrected chi connectivity index (χ2v) is 9.48. The van der Waals surface area contributed by atoms with Gasteiger partial charge in [0.2, 0.25) is 5.91 Å². The maximum atomic E-state index is 13.4. The van der Waals surface area contributed by atoms with Crippen molar-refractivity contribution in [3.05, 3.63) is 48.5 Å². The van der Waals surface area contributed by atoms with Crippen molar-refractivity contribution in [1.82, 2.24) is 10.2 Å². The lowest BCUT2D eigenvalue weighted by atomic mass is 10.2. The molecule has 2 aromatic carbocycles. The summed E-state index contributed by atoms with van der Waals surface area (Å²) in [4.78, 5) is 15.2. The van der Waals surface area contributed by atoms with Crippen LogP contribution in [0.1, 0.15) is 19.3 Å². The Kier molecular flexibility index (Phi) is 8.35. The Morgan fingerprint density at radius 1 is 1.03 bits per heavy atom. The normalized spacial score (nSPS) is 14.2. The van der Waals surface area contributed by atoms with Crippen LogP contribution in [0.2, 0.25) is 0 Å². The van der Waals surface area contributed by atoms with Gasteiger partial charge in [-0.1, -0.05) is 18.2 Å². The SMILES string of the molecule is COc1ccc(N(CC(=O)NCCCN2CCCC2)S(=O)(=O)c2ccccc2)cc1OC. The number of hydrogen-bond donors (Lipinski definition) is 1. The fraction of sp³-hybridized carbons (Fsp3) is 0.435. The maximum Gasteiger partial charge on any atom is 0.264 e. The third-order valence-corrected chi connectivity index (χ3v) is 7.23. The highest BCUT2D eigenvalue weighted by Crippen LogP contribution is 2.33. The number of carbonyl (C=O) groups excluding carboxylic acids is 1. The summed E-state index contributed by atoms with van der Waals surface area (Å²) >= 11 is 0. The number of likely N-dealkylation sites (tertiary alicyclic amines) is 1. The van der Waals surface area contributed by atoms with Gasteiger partial charge in [0.15, 0.2) is 11.5 Å². The first-order valence-electron chi connectivity index (χ1n) is 10.7. The van der Waals surface area contributed by atoms with Gasteiger partial charge in [-0.3, -0.25) is 9.10 Å². The van der Waals surface area contributed by atoms with E-state index < -0.39 is 10.0 Å². The molecule has 0 spiro atoms. The van der Waals surface area contributed by atoms with Crippen LogP contribution in [0.25, 0.3) is 0 Å². The Morgan fingerprint density at radius 2 is 1.72 bits per heavy atom. The van der Waals surface area contributed by atoms with Crippen molar-refractivity contribution in [3.63, 3.8) is 0 Å². The van der Waals surface area contributed by atoms with E-state index in [0.29, 0.717) is 23.7 Å². The highest BCUT2D eigenvalue weighted by atomic mass is 32.2. The molecule has 1 N–H and O–H groups in total. The predicted molar refractivity (Wildman–Crippen MR) is 124 cm³/mol. The van der Waals surface area contributed by atoms with Crippen LogP contribution in [0.15, 0.2) is 53.4 Å². The molecular weight excluding hydrogens is 430 g/mol. The first-order chi connectivity index (χ1) is 15.5. The number of anilines is 1. The molecule has 1 aliphatic rings. The fourth-order valence-electron chi connectivity index (χ4n) is 3.74. The molecule has 1 saturated heterocycles. The molecule has 8 nitrogen and oxygen atoms in total. The summed E-state index contributed by atoms with van der Waals surface area (Å²) in [5, 5.41) is 2.85. The van der Waals surface area contributed by atoms with Crippen LogP contribution in [-0.2, 0) is 14.8 Å². The molecule has 0 bridgehead atoms. The average Bonchev–Trinajstić information content (AvgIpc) is 3.34. The van der Waals surface area contributed by atoms with E-state index in [2.05, 4.69) is 10.2 Å². The van der Waals surface area contributed by atoms with Crippen LogP contribution in [0.3, 0.4) is 0 Å². The lowest BCUT2D eigenvalue weighted by Crippen LogP contribution is -2.41. The van der Waals surface area contributed by atoms with Crippen molar-refractivity contribution in [1.29, 1.82) is 0 Å². The standard InChI is InChI=1S/C23H31N3O5S/c1-30-21-12-11-19(17-22(21)31-2)26(32(28,29)20-9-4-3-5-10-20)18-23(27)24-13-8-16-25-14-6-7-15-25/h3-5,9-12,17H,6-8,13-16,18H2,1-2H3,(H,24,27). The molecule has 1 aliphatic heterocycles. The summed E-state index contributed by atoms with van der Waals surface area (Å²) in [5.74, 6) is 0.490. The highest BCUT2D eigenvalue weighted by molar-refractivity contribution is 7.92. The number of nitrogens with one attached hydrogen (secondary N) is 1. The molecule has 0 radical (unpaired) electrons. The highest BCUT2D eigenvalue weighted by Gasteiger charge is 2.28. The van der Waals surface area contributed by atoms with Crippen molar-refractivity contribution in [2.24, 2.45) is 0 Å². The van der Waals surface area contributed by atoms with Gasteiger partial charge in [-0.25, -0.2) is 8.42 Å². The van der Waals surface area contributed by atoms with Gasteiger partial charge in [0, 0.05) is 12.6 Å². The molecule has 0 aromatic heterocycles. The van der Waals surface area contributed by atoms with Gasteiger partial charge in [0.25, 0.3) is 10.0 Å². The molecule has 0 saturated carbocycles. The number of hydrogen-bond acceptors (Lipinski definition) is 6. The van der Waals surface area contributed by atoms with Gasteiger partial charge < -0.3 is 19.7 Å². The molecule has 174 valence electrons. The van der Waals surface area contributed by atoms with Crippen LogP contribution >= 0.6 is 0 Å². The molecular formula is C23H31N3O5S. The van der Waals surface area contributed by atoms with Crippen molar-refractivity contribution in [3.8, 4) is 11.5 Å². The maximum absolute atomic E-state index is 13.4. The van der Waals surface area contributed by atoms with Gasteiger partial charge in [0.1, 0.15) is 6.54 Å². The van der Waals surface area contributed by atoms with Crippen molar-refractivity contribution >= 4 is 21.6 Å². The third kappa shape index (κ3) is 5.92. The van der Waals surface area contributed by atoms with E-state index in [4.69, 9.17) is 9.47 Å². The summed E-state index contributed by atoms with van der Waals surface area (Å²) in [5.41, 5.74) is 0.318. The van der Waals surface area contributed by atoms with Gasteiger partial charge >= 0.3 is 0 Å². The quantitative estimate of drug-likeness (QED) is 0.518. The smallest absolute Gasteiger partial charge is 0.264 e. The molecule has 0 aliphatic carbocycles. The lowest BCUT2D eigenvalue weighted by Gasteiger charge is -2.25. The second kappa shape index (κ2) is 11.2. The van der Waals surface area contributed by atoms with E-state index in [9.17, 15) is 13.2 Å². The minimum absolute atomic E-state index is 0.108. The minimum atomic E-state index is -3.97. The van der Waals surface area contributed by atoms with Crippen molar-refractivity contribution in [2.75, 3.05) is 51.2 Å². The number of ether oxygens (including phenoxy) is 2. The zero-order chi connectivity index (χ0) is 23.0. The molecule has 32 heavy (non-hydrogen) atoms. The van der Waals surface area contributed by atoms with Crippen molar-refractivity contribution < 1.29 is 22.7 Å². The number of sulfonamides is 1. The summed E-state index contributed by atoms with van der Waals surface area (Å²) in [6, 6.07) is 12.8. The first kappa shape index (κ1) is 23.9. The van der Waals surface area contributed by atoms with Crippen LogP contribution in [0, 0.1) is 0 Å². The van der Waals surface area contributed by atoms with Crippen LogP contribution in [0.5, 0.6) is 11.5 Å². The molecule has 3 rings (SSSR count). The Bertz CT molecular complexity index is 992. The number of rotatable bonds is 11. The van der Waals surface area contributed by atoms with Gasteiger partial charge in [-0.15, -0.1) is 0 Å². The predicted octanol–water partition coefficient (Wildman–Crippen LogP) is 2.50. The van der Waals surface area contributed by atoms with Gasteiger partial charge in [-0.05, 0) is 63.2 Å². The molecule has 2 aromatic rings. The lowest BCUT2D eigenvalue weighted by molar-refractivity contribution is -0.119. The third-order valence-electron chi connectivity index (χ3n) is 5.45.